The van der Waals surface area contributed by atoms with Crippen LogP contribution >= 0.6 is 0 Å². The Balaban J connectivity index is 0.00000232. The van der Waals surface area contributed by atoms with Gasteiger partial charge in [0.25, 0.3) is 11.8 Å². The van der Waals surface area contributed by atoms with Gasteiger partial charge in [0, 0.05) is 19.4 Å². The van der Waals surface area contributed by atoms with Gasteiger partial charge in [0.15, 0.2) is 0 Å². The van der Waals surface area contributed by atoms with Crippen LogP contribution in [-0.4, -0.2) is 35.1 Å². The topological polar surface area (TPSA) is 72.9 Å². The lowest BCUT2D eigenvalue weighted by molar-refractivity contribution is -0.205. The molecule has 0 saturated carbocycles. The van der Waals surface area contributed by atoms with Crippen molar-refractivity contribution >= 4 is 17.8 Å². The first-order chi connectivity index (χ1) is 10.6. The Labute approximate surface area is 139 Å². The second-order valence-electron chi connectivity index (χ2n) is 6.56. The Hall–Kier alpha value is -1.43. The Morgan fingerprint density at radius 3 is 2.00 bits per heavy atom. The molecule has 0 spiro atoms. The molecular formula is C17H31NO5. The zero-order chi connectivity index (χ0) is 18.3. The van der Waals surface area contributed by atoms with Crippen molar-refractivity contribution in [2.45, 2.75) is 79.8 Å². The molecule has 6 heteroatoms. The highest BCUT2D eigenvalue weighted by Crippen LogP contribution is 2.26. The summed E-state index contributed by atoms with van der Waals surface area (Å²) < 4.78 is 5.72. The fraction of sp³-hybridized carbons (Fsp3) is 0.824. The van der Waals surface area contributed by atoms with Gasteiger partial charge in [-0.15, -0.1) is 5.06 Å². The van der Waals surface area contributed by atoms with E-state index >= 15 is 0 Å². The molecule has 1 rings (SSSR count). The normalized spacial score (nSPS) is 15.3. The second kappa shape index (κ2) is 9.01. The van der Waals surface area contributed by atoms with Gasteiger partial charge < -0.3 is 9.57 Å². The molecule has 23 heavy (non-hydrogen) atoms. The number of hydrogen-bond acceptors (Lipinski definition) is 5. The first kappa shape index (κ1) is 21.6. The summed E-state index contributed by atoms with van der Waals surface area (Å²) in [6.07, 6.45) is 1.51. The number of hydroxylamine groups is 2. The summed E-state index contributed by atoms with van der Waals surface area (Å²) in [4.78, 5) is 39.9. The van der Waals surface area contributed by atoms with Gasteiger partial charge in [0.2, 0.25) is 0 Å². The van der Waals surface area contributed by atoms with Crippen LogP contribution < -0.4 is 0 Å². The molecule has 1 saturated heterocycles. The van der Waals surface area contributed by atoms with Gasteiger partial charge in [0.1, 0.15) is 0 Å². The molecule has 1 aliphatic rings. The number of nitrogens with zero attached hydrogens (tertiary/aromatic N) is 1. The highest BCUT2D eigenvalue weighted by atomic mass is 16.7. The van der Waals surface area contributed by atoms with Gasteiger partial charge in [-0.25, -0.2) is 4.79 Å². The summed E-state index contributed by atoms with van der Waals surface area (Å²) in [7, 11) is 0. The van der Waals surface area contributed by atoms with Crippen LogP contribution in [0.15, 0.2) is 0 Å². The third kappa shape index (κ3) is 6.69. The quantitative estimate of drug-likeness (QED) is 0.670. The maximum absolute atomic E-state index is 12.1. The van der Waals surface area contributed by atoms with E-state index in [2.05, 4.69) is 0 Å². The highest BCUT2D eigenvalue weighted by Gasteiger charge is 2.38. The number of hydrogen-bond donors (Lipinski definition) is 0. The Morgan fingerprint density at radius 1 is 1.09 bits per heavy atom. The van der Waals surface area contributed by atoms with Crippen molar-refractivity contribution in [2.24, 2.45) is 5.41 Å². The summed E-state index contributed by atoms with van der Waals surface area (Å²) in [5.74, 6) is -1.52. The summed E-state index contributed by atoms with van der Waals surface area (Å²) in [6.45, 7) is 13.8. The third-order valence-corrected chi connectivity index (χ3v) is 3.80. The standard InChI is InChI=1S/C15H25NO5.C2H6/c1-6-15(4,5)20-10-9-14(2,3)13(19)21-16-11(17)7-8-12(16)18;1-2/h6-10H2,1-5H3;1-2H3. The minimum Gasteiger partial charge on any atom is -0.376 e. The van der Waals surface area contributed by atoms with E-state index in [0.717, 1.165) is 6.42 Å². The Kier molecular flexibility index (Phi) is 8.45. The van der Waals surface area contributed by atoms with E-state index in [4.69, 9.17) is 9.57 Å². The van der Waals surface area contributed by atoms with Gasteiger partial charge in [-0.2, -0.15) is 0 Å². The fourth-order valence-electron chi connectivity index (χ4n) is 1.65. The number of carbonyl (C=O) groups excluding carboxylic acids is 3. The lowest BCUT2D eigenvalue weighted by atomic mass is 9.90. The molecule has 0 radical (unpaired) electrons. The molecule has 0 aliphatic carbocycles. The summed E-state index contributed by atoms with van der Waals surface area (Å²) in [5, 5.41) is 0.584. The van der Waals surface area contributed by atoms with E-state index in [9.17, 15) is 14.4 Å². The molecule has 1 aliphatic heterocycles. The molecule has 134 valence electrons. The Morgan fingerprint density at radius 2 is 1.57 bits per heavy atom. The van der Waals surface area contributed by atoms with Crippen molar-refractivity contribution in [2.75, 3.05) is 6.61 Å². The van der Waals surface area contributed by atoms with Crippen molar-refractivity contribution in [1.29, 1.82) is 0 Å². The molecule has 0 aromatic rings. The SMILES string of the molecule is CC.CCC(C)(C)OCCC(C)(C)C(=O)ON1C(=O)CCC1=O. The molecule has 0 aromatic heterocycles. The van der Waals surface area contributed by atoms with Gasteiger partial charge in [-0.05, 0) is 40.5 Å². The van der Waals surface area contributed by atoms with Crippen LogP contribution in [0.3, 0.4) is 0 Å². The number of carbonyl (C=O) groups is 3. The predicted octanol–water partition coefficient (Wildman–Crippen LogP) is 3.24. The largest absolute Gasteiger partial charge is 0.376 e. The van der Waals surface area contributed by atoms with E-state index in [1.54, 1.807) is 13.8 Å². The van der Waals surface area contributed by atoms with Crippen molar-refractivity contribution < 1.29 is 24.0 Å². The minimum atomic E-state index is -0.826. The van der Waals surface area contributed by atoms with E-state index in [1.165, 1.54) is 0 Å². The van der Waals surface area contributed by atoms with E-state index in [-0.39, 0.29) is 18.4 Å². The van der Waals surface area contributed by atoms with Gasteiger partial charge >= 0.3 is 5.97 Å². The van der Waals surface area contributed by atoms with Crippen molar-refractivity contribution in [1.82, 2.24) is 5.06 Å². The highest BCUT2D eigenvalue weighted by molar-refractivity contribution is 6.01. The van der Waals surface area contributed by atoms with Crippen molar-refractivity contribution in [3.8, 4) is 0 Å². The van der Waals surface area contributed by atoms with Crippen LogP contribution in [0, 0.1) is 5.41 Å². The zero-order valence-electron chi connectivity index (χ0n) is 15.5. The fourth-order valence-corrected chi connectivity index (χ4v) is 1.65. The maximum atomic E-state index is 12.1. The van der Waals surface area contributed by atoms with Crippen LogP contribution in [0.2, 0.25) is 0 Å². The molecular weight excluding hydrogens is 298 g/mol. The first-order valence-electron chi connectivity index (χ1n) is 8.31. The lowest BCUT2D eigenvalue weighted by Gasteiger charge is -2.28. The van der Waals surface area contributed by atoms with Crippen molar-refractivity contribution in [3.05, 3.63) is 0 Å². The van der Waals surface area contributed by atoms with Gasteiger partial charge in [-0.3, -0.25) is 9.59 Å². The minimum absolute atomic E-state index is 0.0976. The average molecular weight is 329 g/mol. The molecule has 0 aromatic carbocycles. The Bertz CT molecular complexity index is 413. The maximum Gasteiger partial charge on any atom is 0.338 e. The molecule has 1 heterocycles. The molecule has 0 unspecified atom stereocenters. The van der Waals surface area contributed by atoms with Crippen LogP contribution in [-0.2, 0) is 24.0 Å². The number of rotatable bonds is 7. The molecule has 0 bridgehead atoms. The molecule has 2 amide bonds. The lowest BCUT2D eigenvalue weighted by Crippen LogP contribution is -2.38. The van der Waals surface area contributed by atoms with Crippen LogP contribution in [0.5, 0.6) is 0 Å². The third-order valence-electron chi connectivity index (χ3n) is 3.80. The van der Waals surface area contributed by atoms with E-state index in [0.29, 0.717) is 18.1 Å². The van der Waals surface area contributed by atoms with E-state index in [1.807, 2.05) is 34.6 Å². The molecule has 0 N–H and O–H groups in total. The predicted molar refractivity (Wildman–Crippen MR) is 87.2 cm³/mol. The molecule has 0 atom stereocenters. The monoisotopic (exact) mass is 329 g/mol. The average Bonchev–Trinajstić information content (AvgIpc) is 2.80. The van der Waals surface area contributed by atoms with Crippen LogP contribution in [0.25, 0.3) is 0 Å². The van der Waals surface area contributed by atoms with Gasteiger partial charge in [-0.1, -0.05) is 20.8 Å². The van der Waals surface area contributed by atoms with E-state index < -0.39 is 23.2 Å². The summed E-state index contributed by atoms with van der Waals surface area (Å²) >= 11 is 0. The summed E-state index contributed by atoms with van der Waals surface area (Å²) in [6, 6.07) is 0. The van der Waals surface area contributed by atoms with Crippen LogP contribution in [0.1, 0.15) is 74.1 Å². The molecule has 1 fully saturated rings. The smallest absolute Gasteiger partial charge is 0.338 e. The zero-order valence-corrected chi connectivity index (χ0v) is 15.5. The number of ether oxygens (including phenoxy) is 1. The number of imide groups is 1. The first-order valence-corrected chi connectivity index (χ1v) is 8.31. The van der Waals surface area contributed by atoms with Crippen molar-refractivity contribution in [3.63, 3.8) is 0 Å². The van der Waals surface area contributed by atoms with Crippen LogP contribution in [0.4, 0.5) is 0 Å². The second-order valence-corrected chi connectivity index (χ2v) is 6.56. The molecule has 6 nitrogen and oxygen atoms in total. The van der Waals surface area contributed by atoms with Gasteiger partial charge in [0.05, 0.1) is 11.0 Å². The summed E-state index contributed by atoms with van der Waals surface area (Å²) in [5.41, 5.74) is -1.06. The number of amides is 2.